The molecule has 21 heavy (non-hydrogen) atoms. The highest BCUT2D eigenvalue weighted by Crippen LogP contribution is 2.47. The molecule has 0 aliphatic heterocycles. The molecule has 1 heterocycles. The van der Waals surface area contributed by atoms with Gasteiger partial charge in [-0.15, -0.1) is 0 Å². The number of carbonyl (C=O) groups excluding carboxylic acids is 2. The Labute approximate surface area is 124 Å². The smallest absolute Gasteiger partial charge is 0.242 e. The standard InChI is InChI=1S/C16H22N2O3/c1-10(15(19)18-11-5-2-3-6-11)17-16(20)13-9-12(13)14-7-4-8-21-14/h4,7-8,10-13H,2-3,5-6,9H2,1H3,(H,17,20)(H,18,19)/t10-,12+,13+/m0/s1. The van der Waals surface area contributed by atoms with Crippen molar-refractivity contribution in [1.82, 2.24) is 10.6 Å². The van der Waals surface area contributed by atoms with E-state index in [1.807, 2.05) is 12.1 Å². The predicted octanol–water partition coefficient (Wildman–Crippen LogP) is 1.95. The maximum Gasteiger partial charge on any atom is 0.242 e. The minimum atomic E-state index is -0.476. The van der Waals surface area contributed by atoms with E-state index in [-0.39, 0.29) is 29.7 Å². The summed E-state index contributed by atoms with van der Waals surface area (Å²) in [6, 6.07) is 3.54. The second-order valence-corrected chi connectivity index (χ2v) is 6.18. The van der Waals surface area contributed by atoms with Gasteiger partial charge in [-0.1, -0.05) is 12.8 Å². The van der Waals surface area contributed by atoms with Gasteiger partial charge in [0, 0.05) is 17.9 Å². The Hall–Kier alpha value is -1.78. The van der Waals surface area contributed by atoms with Crippen LogP contribution in [0.15, 0.2) is 22.8 Å². The molecule has 0 aromatic carbocycles. The highest BCUT2D eigenvalue weighted by molar-refractivity contribution is 5.89. The molecule has 2 saturated carbocycles. The van der Waals surface area contributed by atoms with Crippen LogP contribution in [0.5, 0.6) is 0 Å². The third-order valence-corrected chi connectivity index (χ3v) is 4.49. The first-order chi connectivity index (χ1) is 10.1. The normalized spacial score (nSPS) is 26.3. The molecule has 2 amide bonds. The Kier molecular flexibility index (Phi) is 3.99. The van der Waals surface area contributed by atoms with Gasteiger partial charge < -0.3 is 15.1 Å². The number of furan rings is 1. The topological polar surface area (TPSA) is 71.3 Å². The second-order valence-electron chi connectivity index (χ2n) is 6.18. The fourth-order valence-corrected chi connectivity index (χ4v) is 3.08. The third-order valence-electron chi connectivity index (χ3n) is 4.49. The number of carbonyl (C=O) groups is 2. The summed E-state index contributed by atoms with van der Waals surface area (Å²) in [4.78, 5) is 24.2. The Morgan fingerprint density at radius 2 is 2.10 bits per heavy atom. The number of hydrogen-bond acceptors (Lipinski definition) is 3. The lowest BCUT2D eigenvalue weighted by molar-refractivity contribution is -0.129. The summed E-state index contributed by atoms with van der Waals surface area (Å²) < 4.78 is 5.32. The fourth-order valence-electron chi connectivity index (χ4n) is 3.08. The van der Waals surface area contributed by atoms with E-state index in [1.165, 1.54) is 12.8 Å². The van der Waals surface area contributed by atoms with Crippen LogP contribution in [0.2, 0.25) is 0 Å². The molecule has 3 rings (SSSR count). The number of nitrogens with one attached hydrogen (secondary N) is 2. The van der Waals surface area contributed by atoms with Crippen molar-refractivity contribution in [1.29, 1.82) is 0 Å². The monoisotopic (exact) mass is 290 g/mol. The van der Waals surface area contributed by atoms with Gasteiger partial charge in [0.25, 0.3) is 0 Å². The highest BCUT2D eigenvalue weighted by atomic mass is 16.3. The van der Waals surface area contributed by atoms with E-state index < -0.39 is 6.04 Å². The lowest BCUT2D eigenvalue weighted by Gasteiger charge is -2.17. The first kappa shape index (κ1) is 14.2. The van der Waals surface area contributed by atoms with Gasteiger partial charge in [-0.05, 0) is 38.3 Å². The van der Waals surface area contributed by atoms with Gasteiger partial charge in [0.05, 0.1) is 6.26 Å². The number of rotatable bonds is 5. The van der Waals surface area contributed by atoms with Gasteiger partial charge in [-0.3, -0.25) is 9.59 Å². The maximum atomic E-state index is 12.1. The first-order valence-electron chi connectivity index (χ1n) is 7.79. The lowest BCUT2D eigenvalue weighted by atomic mass is 10.2. The van der Waals surface area contributed by atoms with Crippen LogP contribution in [-0.2, 0) is 9.59 Å². The molecule has 5 nitrogen and oxygen atoms in total. The van der Waals surface area contributed by atoms with Crippen molar-refractivity contribution in [3.63, 3.8) is 0 Å². The molecule has 0 radical (unpaired) electrons. The van der Waals surface area contributed by atoms with Crippen molar-refractivity contribution in [2.24, 2.45) is 5.92 Å². The van der Waals surface area contributed by atoms with Crippen LogP contribution in [0, 0.1) is 5.92 Å². The third kappa shape index (κ3) is 3.28. The van der Waals surface area contributed by atoms with Crippen molar-refractivity contribution < 1.29 is 14.0 Å². The summed E-state index contributed by atoms with van der Waals surface area (Å²) in [5.74, 6) is 0.845. The summed E-state index contributed by atoms with van der Waals surface area (Å²) in [7, 11) is 0. The molecule has 2 aliphatic carbocycles. The molecule has 2 N–H and O–H groups in total. The van der Waals surface area contributed by atoms with E-state index in [0.29, 0.717) is 0 Å². The van der Waals surface area contributed by atoms with Crippen LogP contribution in [-0.4, -0.2) is 23.9 Å². The average molecular weight is 290 g/mol. The lowest BCUT2D eigenvalue weighted by Crippen LogP contribution is -2.48. The van der Waals surface area contributed by atoms with Crippen molar-refractivity contribution >= 4 is 11.8 Å². The molecule has 0 unspecified atom stereocenters. The number of hydrogen-bond donors (Lipinski definition) is 2. The molecule has 114 valence electrons. The van der Waals surface area contributed by atoms with Gasteiger partial charge in [-0.2, -0.15) is 0 Å². The van der Waals surface area contributed by atoms with E-state index in [0.717, 1.165) is 25.0 Å². The van der Waals surface area contributed by atoms with Crippen molar-refractivity contribution in [3.05, 3.63) is 24.2 Å². The van der Waals surface area contributed by atoms with Gasteiger partial charge in [-0.25, -0.2) is 0 Å². The zero-order valence-corrected chi connectivity index (χ0v) is 12.3. The van der Waals surface area contributed by atoms with Crippen LogP contribution < -0.4 is 10.6 Å². The summed E-state index contributed by atoms with van der Waals surface area (Å²) in [5.41, 5.74) is 0. The van der Waals surface area contributed by atoms with E-state index in [4.69, 9.17) is 4.42 Å². The maximum absolute atomic E-state index is 12.1. The summed E-state index contributed by atoms with van der Waals surface area (Å²) in [6.45, 7) is 1.74. The molecule has 1 aromatic rings. The largest absolute Gasteiger partial charge is 0.469 e. The van der Waals surface area contributed by atoms with Crippen LogP contribution in [0.3, 0.4) is 0 Å². The van der Waals surface area contributed by atoms with E-state index in [1.54, 1.807) is 13.2 Å². The molecular weight excluding hydrogens is 268 g/mol. The van der Waals surface area contributed by atoms with E-state index >= 15 is 0 Å². The second kappa shape index (κ2) is 5.92. The summed E-state index contributed by atoms with van der Waals surface area (Å²) in [6.07, 6.45) is 6.89. The minimum absolute atomic E-state index is 0.0505. The zero-order chi connectivity index (χ0) is 14.8. The Morgan fingerprint density at radius 3 is 2.76 bits per heavy atom. The molecule has 3 atom stereocenters. The Morgan fingerprint density at radius 1 is 1.33 bits per heavy atom. The Balaban J connectivity index is 1.45. The Bertz CT molecular complexity index is 506. The molecule has 0 bridgehead atoms. The van der Waals surface area contributed by atoms with Crippen molar-refractivity contribution in [3.8, 4) is 0 Å². The van der Waals surface area contributed by atoms with Crippen molar-refractivity contribution in [2.75, 3.05) is 0 Å². The molecular formula is C16H22N2O3. The van der Waals surface area contributed by atoms with E-state index in [9.17, 15) is 9.59 Å². The first-order valence-corrected chi connectivity index (χ1v) is 7.79. The van der Waals surface area contributed by atoms with Gasteiger partial charge in [0.2, 0.25) is 11.8 Å². The fraction of sp³-hybridized carbons (Fsp3) is 0.625. The van der Waals surface area contributed by atoms with Crippen LogP contribution in [0.1, 0.15) is 50.7 Å². The zero-order valence-electron chi connectivity index (χ0n) is 12.3. The minimum Gasteiger partial charge on any atom is -0.469 e. The number of amides is 2. The van der Waals surface area contributed by atoms with Gasteiger partial charge >= 0.3 is 0 Å². The SMILES string of the molecule is C[C@H](NC(=O)[C@@H]1C[C@H]1c1ccco1)C(=O)NC1CCCC1. The molecule has 2 aliphatic rings. The van der Waals surface area contributed by atoms with E-state index in [2.05, 4.69) is 10.6 Å². The summed E-state index contributed by atoms with van der Waals surface area (Å²) >= 11 is 0. The summed E-state index contributed by atoms with van der Waals surface area (Å²) in [5, 5.41) is 5.82. The van der Waals surface area contributed by atoms with Crippen molar-refractivity contribution in [2.45, 2.75) is 57.0 Å². The average Bonchev–Trinajstić information content (AvgIpc) is 2.89. The predicted molar refractivity (Wildman–Crippen MR) is 77.6 cm³/mol. The molecule has 2 fully saturated rings. The molecule has 5 heteroatoms. The van der Waals surface area contributed by atoms with Crippen LogP contribution >= 0.6 is 0 Å². The molecule has 0 spiro atoms. The molecule has 0 saturated heterocycles. The highest BCUT2D eigenvalue weighted by Gasteiger charge is 2.46. The van der Waals surface area contributed by atoms with Crippen LogP contribution in [0.4, 0.5) is 0 Å². The quantitative estimate of drug-likeness (QED) is 0.870. The molecule has 1 aromatic heterocycles. The van der Waals surface area contributed by atoms with Crippen LogP contribution in [0.25, 0.3) is 0 Å². The van der Waals surface area contributed by atoms with Gasteiger partial charge in [0.1, 0.15) is 11.8 Å². The van der Waals surface area contributed by atoms with Gasteiger partial charge in [0.15, 0.2) is 0 Å².